The van der Waals surface area contributed by atoms with E-state index in [1.807, 2.05) is 0 Å². The maximum absolute atomic E-state index is 13.6. The Bertz CT molecular complexity index is 625. The molecular formula is C18H20CrFNO7. The predicted molar refractivity (Wildman–Crippen MR) is 87.1 cm³/mol. The summed E-state index contributed by atoms with van der Waals surface area (Å²) in [6, 6.07) is 5.02. The molecule has 1 amide bonds. The molecule has 10 heteroatoms. The van der Waals surface area contributed by atoms with Crippen LogP contribution in [-0.4, -0.2) is 30.8 Å². The number of methoxy groups -OCH3 is 1. The zero-order valence-electron chi connectivity index (χ0n) is 15.7. The van der Waals surface area contributed by atoms with Gasteiger partial charge < -0.3 is 14.8 Å². The molecule has 1 atom stereocenters. The van der Waals surface area contributed by atoms with Crippen LogP contribution in [0.15, 0.2) is 24.3 Å². The van der Waals surface area contributed by atoms with Crippen molar-refractivity contribution in [3.05, 3.63) is 55.6 Å². The summed E-state index contributed by atoms with van der Waals surface area (Å²) >= 11 is 0. The van der Waals surface area contributed by atoms with Crippen molar-refractivity contribution in [3.8, 4) is 0 Å². The van der Waals surface area contributed by atoms with Crippen LogP contribution in [0.25, 0.3) is 0 Å². The monoisotopic (exact) mass is 433 g/mol. The van der Waals surface area contributed by atoms with Gasteiger partial charge in [-0.3, -0.25) is 0 Å². The second-order valence-corrected chi connectivity index (χ2v) is 5.52. The molecule has 0 unspecified atom stereocenters. The van der Waals surface area contributed by atoms with Crippen LogP contribution < -0.4 is 5.32 Å². The molecule has 0 aliphatic carbocycles. The minimum atomic E-state index is -1.01. The van der Waals surface area contributed by atoms with E-state index < -0.39 is 29.5 Å². The predicted octanol–water partition coefficient (Wildman–Crippen LogP) is 2.32. The molecule has 28 heavy (non-hydrogen) atoms. The first kappa shape index (κ1) is 33.2. The van der Waals surface area contributed by atoms with Crippen LogP contribution in [-0.2, 0) is 52.0 Å². The van der Waals surface area contributed by atoms with E-state index in [1.54, 1.807) is 39.0 Å². The molecule has 0 saturated heterocycles. The molecule has 8 nitrogen and oxygen atoms in total. The topological polar surface area (TPSA) is 124 Å². The van der Waals surface area contributed by atoms with E-state index in [4.69, 9.17) is 18.7 Å². The second-order valence-electron chi connectivity index (χ2n) is 5.52. The number of halogens is 1. The SMILES string of the molecule is COC(=O)[C@H](Cc1ccccc1F)NC(=O)OC(C)(C)C.[C-]#[O+].[C-]#[O+].[C-]#[O+].[Cr]. The smallest absolute Gasteiger partial charge is 0 e. The third-order valence-electron chi connectivity index (χ3n) is 2.56. The Balaban J connectivity index is -0.000000374. The van der Waals surface area contributed by atoms with Gasteiger partial charge in [0, 0.05) is 23.8 Å². The van der Waals surface area contributed by atoms with Gasteiger partial charge in [0.2, 0.25) is 0 Å². The van der Waals surface area contributed by atoms with E-state index in [1.165, 1.54) is 13.2 Å². The van der Waals surface area contributed by atoms with Gasteiger partial charge in [-0.15, -0.1) is 0 Å². The quantitative estimate of drug-likeness (QED) is 0.444. The molecule has 1 N–H and O–H groups in total. The molecule has 0 fully saturated rings. The third kappa shape index (κ3) is 15.9. The summed E-state index contributed by atoms with van der Waals surface area (Å²) in [5.74, 6) is -1.11. The summed E-state index contributed by atoms with van der Waals surface area (Å²) in [5.41, 5.74) is -0.382. The van der Waals surface area contributed by atoms with E-state index >= 15 is 0 Å². The van der Waals surface area contributed by atoms with Crippen molar-refractivity contribution in [2.75, 3.05) is 7.11 Å². The molecule has 0 radical (unpaired) electrons. The molecule has 0 bridgehead atoms. The van der Waals surface area contributed by atoms with Gasteiger partial charge in [-0.2, -0.15) is 0 Å². The normalized spacial score (nSPS) is 9.54. The first-order chi connectivity index (χ1) is 12.7. The van der Waals surface area contributed by atoms with Crippen LogP contribution in [0.5, 0.6) is 0 Å². The van der Waals surface area contributed by atoms with Crippen molar-refractivity contribution in [1.82, 2.24) is 5.32 Å². The zero-order valence-corrected chi connectivity index (χ0v) is 17.0. The number of hydrogen-bond acceptors (Lipinski definition) is 4. The molecule has 0 heterocycles. The molecule has 0 aromatic heterocycles. The molecule has 1 aromatic rings. The van der Waals surface area contributed by atoms with Crippen molar-refractivity contribution in [1.29, 1.82) is 0 Å². The Hall–Kier alpha value is -2.36. The minimum absolute atomic E-state index is 0. The van der Waals surface area contributed by atoms with Gasteiger partial charge in [0.05, 0.1) is 7.11 Å². The Morgan fingerprint density at radius 2 is 1.57 bits per heavy atom. The van der Waals surface area contributed by atoms with E-state index in [9.17, 15) is 14.0 Å². The molecular weight excluding hydrogens is 413 g/mol. The van der Waals surface area contributed by atoms with Gasteiger partial charge in [-0.05, 0) is 32.4 Å². The van der Waals surface area contributed by atoms with Crippen molar-refractivity contribution in [2.24, 2.45) is 0 Å². The maximum atomic E-state index is 13.6. The van der Waals surface area contributed by atoms with Crippen LogP contribution in [0.4, 0.5) is 9.18 Å². The molecule has 0 spiro atoms. The van der Waals surface area contributed by atoms with Gasteiger partial charge in [-0.1, -0.05) is 18.2 Å². The van der Waals surface area contributed by atoms with E-state index in [0.717, 1.165) is 0 Å². The van der Waals surface area contributed by atoms with Crippen molar-refractivity contribution < 1.29 is 54.8 Å². The summed E-state index contributed by atoms with van der Waals surface area (Å²) in [5, 5.41) is 2.40. The zero-order chi connectivity index (χ0) is 22.0. The minimum Gasteiger partial charge on any atom is 0 e. The molecule has 1 aromatic carbocycles. The number of alkyl carbamates (subject to hydrolysis) is 1. The Morgan fingerprint density at radius 1 is 1.11 bits per heavy atom. The van der Waals surface area contributed by atoms with Crippen molar-refractivity contribution >= 4 is 12.1 Å². The van der Waals surface area contributed by atoms with Gasteiger partial charge >= 0.3 is 46.0 Å². The third-order valence-corrected chi connectivity index (χ3v) is 2.56. The van der Waals surface area contributed by atoms with Crippen LogP contribution in [0.1, 0.15) is 26.3 Å². The summed E-state index contributed by atoms with van der Waals surface area (Å²) in [7, 11) is 1.20. The van der Waals surface area contributed by atoms with Gasteiger partial charge in [0.25, 0.3) is 0 Å². The molecule has 1 rings (SSSR count). The van der Waals surface area contributed by atoms with Gasteiger partial charge in [0.1, 0.15) is 17.5 Å². The Morgan fingerprint density at radius 3 is 1.96 bits per heavy atom. The second kappa shape index (κ2) is 19.4. The fourth-order valence-corrected chi connectivity index (χ4v) is 1.67. The number of carbonyl (C=O) groups excluding carboxylic acids is 2. The van der Waals surface area contributed by atoms with Gasteiger partial charge in [0.15, 0.2) is 0 Å². The largest absolute Gasteiger partial charge is 0 e. The molecule has 0 aliphatic rings. The molecule has 152 valence electrons. The van der Waals surface area contributed by atoms with Crippen molar-refractivity contribution in [3.63, 3.8) is 0 Å². The number of hydrogen-bond donors (Lipinski definition) is 1. The average molecular weight is 433 g/mol. The number of nitrogens with one attached hydrogen (secondary N) is 1. The standard InChI is InChI=1S/C15H20FNO4.3CO.Cr/c1-15(2,3)21-14(19)17-12(13(18)20-4)9-10-7-5-6-8-11(10)16;3*1-2;/h5-8,12H,9H2,1-4H3,(H,17,19);;;;/t12-;;;;/m0..../s1. The number of esters is 1. The summed E-state index contributed by atoms with van der Waals surface area (Å²) in [6.45, 7) is 18.6. The number of benzene rings is 1. The summed E-state index contributed by atoms with van der Waals surface area (Å²) < 4.78 is 45.8. The average Bonchev–Trinajstić information content (AvgIpc) is 2.65. The van der Waals surface area contributed by atoms with Crippen LogP contribution >= 0.6 is 0 Å². The van der Waals surface area contributed by atoms with Crippen LogP contribution in [0, 0.1) is 25.8 Å². The van der Waals surface area contributed by atoms with E-state index in [-0.39, 0.29) is 23.8 Å². The number of rotatable bonds is 4. The molecule has 0 aliphatic heterocycles. The Labute approximate surface area is 174 Å². The van der Waals surface area contributed by atoms with Crippen molar-refractivity contribution in [2.45, 2.75) is 38.8 Å². The maximum Gasteiger partial charge on any atom is 0 e. The first-order valence-electron chi connectivity index (χ1n) is 7.15. The first-order valence-corrected chi connectivity index (χ1v) is 7.15. The van der Waals surface area contributed by atoms with Crippen LogP contribution in [0.2, 0.25) is 0 Å². The molecule has 0 saturated carbocycles. The number of carbonyl (C=O) groups is 2. The fourth-order valence-electron chi connectivity index (χ4n) is 1.67. The van der Waals surface area contributed by atoms with Crippen LogP contribution in [0.3, 0.4) is 0 Å². The number of ether oxygens (including phenoxy) is 2. The van der Waals surface area contributed by atoms with Gasteiger partial charge in [-0.25, -0.2) is 14.0 Å². The fraction of sp³-hybridized carbons (Fsp3) is 0.389. The van der Waals surface area contributed by atoms with E-state index in [0.29, 0.717) is 5.56 Å². The van der Waals surface area contributed by atoms with E-state index in [2.05, 4.69) is 30.0 Å². The summed E-state index contributed by atoms with van der Waals surface area (Å²) in [6.07, 6.45) is -0.771. The summed E-state index contributed by atoms with van der Waals surface area (Å²) in [4.78, 5) is 23.4. The Kier molecular flexibility index (Phi) is 23.0. The number of amides is 1.